The number of aromatic nitrogens is 1. The van der Waals surface area contributed by atoms with E-state index in [9.17, 15) is 0 Å². The zero-order valence-electron chi connectivity index (χ0n) is 13.2. The molecule has 0 spiro atoms. The van der Waals surface area contributed by atoms with Gasteiger partial charge in [0.1, 0.15) is 0 Å². The Morgan fingerprint density at radius 2 is 1.81 bits per heavy atom. The molecule has 0 aliphatic rings. The Hall–Kier alpha value is -1.19. The fourth-order valence-electron chi connectivity index (χ4n) is 2.33. The van der Waals surface area contributed by atoms with Gasteiger partial charge >= 0.3 is 0 Å². The van der Waals surface area contributed by atoms with Crippen molar-refractivity contribution < 1.29 is 0 Å². The molecule has 0 saturated heterocycles. The van der Waals surface area contributed by atoms with Crippen LogP contribution in [0.4, 0.5) is 0 Å². The van der Waals surface area contributed by atoms with Gasteiger partial charge in [0.25, 0.3) is 0 Å². The molecular formula is C18H26N2S. The van der Waals surface area contributed by atoms with E-state index in [4.69, 9.17) is 4.98 Å². The first kappa shape index (κ1) is 16.2. The molecule has 0 aliphatic heterocycles. The number of nitrogens with one attached hydrogen (secondary N) is 1. The number of nitrogens with zero attached hydrogens (tertiary/aromatic N) is 1. The molecule has 0 bridgehead atoms. The fraction of sp³-hybridized carbons (Fsp3) is 0.500. The summed E-state index contributed by atoms with van der Waals surface area (Å²) < 4.78 is 0. The summed E-state index contributed by atoms with van der Waals surface area (Å²) in [5.41, 5.74) is 2.45. The third kappa shape index (κ3) is 4.94. The standard InChI is InChI=1S/C18H26N2S/c1-3-5-11-17-20-18(15-9-7-6-8-10-15)16(21-17)12-14-19-13-4-2/h6-10,19H,3-5,11-14H2,1-2H3. The number of thiazole rings is 1. The number of hydrogen-bond donors (Lipinski definition) is 1. The lowest BCUT2D eigenvalue weighted by molar-refractivity contribution is 0.674. The first-order chi connectivity index (χ1) is 10.3. The smallest absolute Gasteiger partial charge is 0.0935 e. The molecule has 1 aromatic carbocycles. The minimum absolute atomic E-state index is 1.04. The zero-order valence-corrected chi connectivity index (χ0v) is 14.0. The van der Waals surface area contributed by atoms with E-state index in [0.29, 0.717) is 0 Å². The summed E-state index contributed by atoms with van der Waals surface area (Å²) in [6.07, 6.45) is 5.84. The lowest BCUT2D eigenvalue weighted by atomic mass is 10.1. The van der Waals surface area contributed by atoms with Crippen LogP contribution in [0.1, 0.15) is 43.0 Å². The highest BCUT2D eigenvalue weighted by atomic mass is 32.1. The molecular weight excluding hydrogens is 276 g/mol. The minimum atomic E-state index is 1.04. The van der Waals surface area contributed by atoms with Gasteiger partial charge < -0.3 is 5.32 Å². The molecule has 0 atom stereocenters. The molecule has 0 aliphatic carbocycles. The van der Waals surface area contributed by atoms with Crippen LogP contribution in [0.25, 0.3) is 11.3 Å². The van der Waals surface area contributed by atoms with Gasteiger partial charge in [0, 0.05) is 17.0 Å². The quantitative estimate of drug-likeness (QED) is 0.679. The van der Waals surface area contributed by atoms with Crippen molar-refractivity contribution in [3.63, 3.8) is 0 Å². The summed E-state index contributed by atoms with van der Waals surface area (Å²) in [4.78, 5) is 6.33. The van der Waals surface area contributed by atoms with Crippen molar-refractivity contribution in [2.75, 3.05) is 13.1 Å². The fourth-order valence-corrected chi connectivity index (χ4v) is 3.46. The van der Waals surface area contributed by atoms with E-state index in [1.165, 1.54) is 40.4 Å². The van der Waals surface area contributed by atoms with Gasteiger partial charge in [-0.05, 0) is 32.2 Å². The van der Waals surface area contributed by atoms with Crippen molar-refractivity contribution in [1.29, 1.82) is 0 Å². The third-order valence-corrected chi connectivity index (χ3v) is 4.66. The van der Waals surface area contributed by atoms with Gasteiger partial charge in [-0.25, -0.2) is 4.98 Å². The number of benzene rings is 1. The predicted molar refractivity (Wildman–Crippen MR) is 93.0 cm³/mol. The van der Waals surface area contributed by atoms with Crippen molar-refractivity contribution in [1.82, 2.24) is 10.3 Å². The Morgan fingerprint density at radius 3 is 2.52 bits per heavy atom. The molecule has 0 unspecified atom stereocenters. The molecule has 2 rings (SSSR count). The molecule has 2 aromatic rings. The molecule has 3 heteroatoms. The summed E-state index contributed by atoms with van der Waals surface area (Å²) in [7, 11) is 0. The number of rotatable bonds is 9. The maximum Gasteiger partial charge on any atom is 0.0935 e. The van der Waals surface area contributed by atoms with Crippen molar-refractivity contribution in [2.45, 2.75) is 46.0 Å². The molecule has 0 fully saturated rings. The first-order valence-corrected chi connectivity index (χ1v) is 8.91. The van der Waals surface area contributed by atoms with Gasteiger partial charge in [0.15, 0.2) is 0 Å². The second kappa shape index (κ2) is 8.96. The Kier molecular flexibility index (Phi) is 6.90. The van der Waals surface area contributed by atoms with Crippen molar-refractivity contribution >= 4 is 11.3 Å². The lowest BCUT2D eigenvalue weighted by Gasteiger charge is -2.04. The van der Waals surface area contributed by atoms with Crippen molar-refractivity contribution in [3.8, 4) is 11.3 Å². The molecule has 114 valence electrons. The highest BCUT2D eigenvalue weighted by molar-refractivity contribution is 7.12. The SMILES string of the molecule is CCCCc1nc(-c2ccccc2)c(CCNCCC)s1. The molecule has 1 N–H and O–H groups in total. The molecule has 0 amide bonds. The summed E-state index contributed by atoms with van der Waals surface area (Å²) in [6.45, 7) is 6.59. The van der Waals surface area contributed by atoms with E-state index in [2.05, 4.69) is 49.5 Å². The average Bonchev–Trinajstić information content (AvgIpc) is 2.93. The number of aryl methyl sites for hydroxylation is 1. The number of hydrogen-bond acceptors (Lipinski definition) is 3. The molecule has 21 heavy (non-hydrogen) atoms. The van der Waals surface area contributed by atoms with Crippen LogP contribution >= 0.6 is 11.3 Å². The van der Waals surface area contributed by atoms with Crippen LogP contribution in [0, 0.1) is 0 Å². The van der Waals surface area contributed by atoms with Gasteiger partial charge in [-0.3, -0.25) is 0 Å². The Labute approximate surface area is 132 Å². The van der Waals surface area contributed by atoms with Crippen LogP contribution in [-0.4, -0.2) is 18.1 Å². The van der Waals surface area contributed by atoms with Gasteiger partial charge in [0.05, 0.1) is 10.7 Å². The van der Waals surface area contributed by atoms with Crippen LogP contribution in [0.15, 0.2) is 30.3 Å². The number of unbranched alkanes of at least 4 members (excludes halogenated alkanes) is 1. The average molecular weight is 302 g/mol. The molecule has 0 radical (unpaired) electrons. The van der Waals surface area contributed by atoms with E-state index >= 15 is 0 Å². The summed E-state index contributed by atoms with van der Waals surface area (Å²) in [5, 5.41) is 4.79. The second-order valence-electron chi connectivity index (χ2n) is 5.35. The topological polar surface area (TPSA) is 24.9 Å². The Morgan fingerprint density at radius 1 is 1.00 bits per heavy atom. The predicted octanol–water partition coefficient (Wildman–Crippen LogP) is 4.69. The largest absolute Gasteiger partial charge is 0.316 e. The van der Waals surface area contributed by atoms with E-state index < -0.39 is 0 Å². The molecule has 0 saturated carbocycles. The summed E-state index contributed by atoms with van der Waals surface area (Å²) in [6, 6.07) is 10.6. The van der Waals surface area contributed by atoms with E-state index in [1.54, 1.807) is 0 Å². The van der Waals surface area contributed by atoms with Crippen LogP contribution in [0.3, 0.4) is 0 Å². The maximum absolute atomic E-state index is 4.91. The van der Waals surface area contributed by atoms with Gasteiger partial charge in [-0.2, -0.15) is 0 Å². The van der Waals surface area contributed by atoms with Crippen LogP contribution in [0.2, 0.25) is 0 Å². The third-order valence-electron chi connectivity index (χ3n) is 3.49. The van der Waals surface area contributed by atoms with Crippen LogP contribution < -0.4 is 5.32 Å². The zero-order chi connectivity index (χ0) is 14.9. The highest BCUT2D eigenvalue weighted by Crippen LogP contribution is 2.29. The summed E-state index contributed by atoms with van der Waals surface area (Å²) in [5.74, 6) is 0. The minimum Gasteiger partial charge on any atom is -0.316 e. The molecule has 2 nitrogen and oxygen atoms in total. The van der Waals surface area contributed by atoms with Gasteiger partial charge in [-0.15, -0.1) is 11.3 Å². The first-order valence-electron chi connectivity index (χ1n) is 8.09. The molecule has 1 heterocycles. The lowest BCUT2D eigenvalue weighted by Crippen LogP contribution is -2.17. The van der Waals surface area contributed by atoms with Gasteiger partial charge in [-0.1, -0.05) is 50.6 Å². The summed E-state index contributed by atoms with van der Waals surface area (Å²) >= 11 is 1.90. The second-order valence-corrected chi connectivity index (χ2v) is 6.52. The van der Waals surface area contributed by atoms with Crippen LogP contribution in [-0.2, 0) is 12.8 Å². The highest BCUT2D eigenvalue weighted by Gasteiger charge is 2.12. The van der Waals surface area contributed by atoms with E-state index in [-0.39, 0.29) is 0 Å². The van der Waals surface area contributed by atoms with Crippen molar-refractivity contribution in [2.24, 2.45) is 0 Å². The Bertz CT molecular complexity index is 519. The Balaban J connectivity index is 2.13. The van der Waals surface area contributed by atoms with E-state index in [1.807, 2.05) is 11.3 Å². The van der Waals surface area contributed by atoms with Crippen LogP contribution in [0.5, 0.6) is 0 Å². The normalized spacial score (nSPS) is 11.0. The van der Waals surface area contributed by atoms with Gasteiger partial charge in [0.2, 0.25) is 0 Å². The van der Waals surface area contributed by atoms with E-state index in [0.717, 1.165) is 25.9 Å². The maximum atomic E-state index is 4.91. The molecule has 1 aromatic heterocycles. The monoisotopic (exact) mass is 302 g/mol. The van der Waals surface area contributed by atoms with Crippen molar-refractivity contribution in [3.05, 3.63) is 40.2 Å².